The molecule has 1 aliphatic rings. The third kappa shape index (κ3) is 2.82. The van der Waals surface area contributed by atoms with Gasteiger partial charge in [-0.1, -0.05) is 60.4 Å². The molecule has 1 aliphatic heterocycles. The van der Waals surface area contributed by atoms with Crippen molar-refractivity contribution in [3.05, 3.63) is 59.1 Å². The lowest BCUT2D eigenvalue weighted by molar-refractivity contribution is -0.121. The number of aromatic nitrogens is 1. The second-order valence-electron chi connectivity index (χ2n) is 5.15. The minimum absolute atomic E-state index is 0.0639. The molecule has 0 unspecified atom stereocenters. The minimum atomic E-state index is -0.0639. The number of para-hydroxylation sites is 1. The van der Waals surface area contributed by atoms with Crippen LogP contribution in [0.4, 0.5) is 0 Å². The Morgan fingerprint density at radius 3 is 2.95 bits per heavy atom. The number of amides is 1. The van der Waals surface area contributed by atoms with Crippen molar-refractivity contribution in [2.75, 3.05) is 6.54 Å². The Morgan fingerprint density at radius 2 is 2.18 bits per heavy atom. The van der Waals surface area contributed by atoms with E-state index >= 15 is 0 Å². The number of carbonyl (C=O) groups is 1. The second-order valence-corrected chi connectivity index (χ2v) is 6.82. The van der Waals surface area contributed by atoms with Crippen molar-refractivity contribution in [1.29, 1.82) is 0 Å². The molecule has 110 valence electrons. The summed E-state index contributed by atoms with van der Waals surface area (Å²) in [4.78, 5) is 19.1. The Bertz CT molecular complexity index is 821. The molecular formula is C17H14N2OS2. The highest BCUT2D eigenvalue weighted by Gasteiger charge is 2.31. The number of nitrogens with zero attached hydrogens (tertiary/aromatic N) is 2. The van der Waals surface area contributed by atoms with Crippen LogP contribution < -0.4 is 0 Å². The van der Waals surface area contributed by atoms with Gasteiger partial charge >= 0.3 is 0 Å². The summed E-state index contributed by atoms with van der Waals surface area (Å²) in [5.74, 6) is -0.0639. The van der Waals surface area contributed by atoms with Gasteiger partial charge in [-0.2, -0.15) is 0 Å². The van der Waals surface area contributed by atoms with Crippen molar-refractivity contribution in [2.45, 2.75) is 6.92 Å². The van der Waals surface area contributed by atoms with Gasteiger partial charge in [0, 0.05) is 23.7 Å². The van der Waals surface area contributed by atoms with E-state index in [2.05, 4.69) is 11.6 Å². The van der Waals surface area contributed by atoms with Crippen LogP contribution in [-0.4, -0.2) is 26.7 Å². The summed E-state index contributed by atoms with van der Waals surface area (Å²) in [5.41, 5.74) is 2.72. The lowest BCUT2D eigenvalue weighted by Gasteiger charge is -2.13. The Hall–Kier alpha value is -1.98. The van der Waals surface area contributed by atoms with Crippen molar-refractivity contribution >= 4 is 51.2 Å². The van der Waals surface area contributed by atoms with Crippen LogP contribution in [-0.2, 0) is 4.79 Å². The highest BCUT2D eigenvalue weighted by Crippen LogP contribution is 2.33. The van der Waals surface area contributed by atoms with Crippen molar-refractivity contribution in [2.24, 2.45) is 0 Å². The molecule has 22 heavy (non-hydrogen) atoms. The van der Waals surface area contributed by atoms with Crippen LogP contribution in [0.2, 0.25) is 0 Å². The van der Waals surface area contributed by atoms with E-state index in [9.17, 15) is 4.79 Å². The lowest BCUT2D eigenvalue weighted by Crippen LogP contribution is -2.29. The van der Waals surface area contributed by atoms with Gasteiger partial charge in [0.2, 0.25) is 0 Å². The summed E-state index contributed by atoms with van der Waals surface area (Å²) in [7, 11) is 0. The summed E-state index contributed by atoms with van der Waals surface area (Å²) in [5, 5.41) is 1.05. The zero-order valence-electron chi connectivity index (χ0n) is 12.1. The number of pyridine rings is 1. The van der Waals surface area contributed by atoms with Crippen LogP contribution in [0.1, 0.15) is 12.5 Å². The standard InChI is InChI=1S/C17H14N2OS2/c1-11(2)10-19-16(20)14(22-17(19)21)9-13-6-3-5-12-7-4-8-18-15(12)13/h3-9H,1,10H2,2H3/b14-9+. The number of hydrogen-bond donors (Lipinski definition) is 0. The van der Waals surface area contributed by atoms with E-state index in [0.717, 1.165) is 22.0 Å². The SMILES string of the molecule is C=C(C)CN1C(=O)/C(=C\c2cccc3cccnc23)SC1=S. The maximum Gasteiger partial charge on any atom is 0.266 e. The normalized spacial score (nSPS) is 16.8. The molecule has 3 nitrogen and oxygen atoms in total. The number of benzene rings is 1. The monoisotopic (exact) mass is 326 g/mol. The zero-order valence-corrected chi connectivity index (χ0v) is 13.7. The molecule has 5 heteroatoms. The fourth-order valence-electron chi connectivity index (χ4n) is 2.29. The van der Waals surface area contributed by atoms with Gasteiger partial charge in [0.15, 0.2) is 0 Å². The molecule has 0 N–H and O–H groups in total. The van der Waals surface area contributed by atoms with Crippen LogP contribution in [0.3, 0.4) is 0 Å². The molecule has 1 aromatic heterocycles. The molecule has 0 atom stereocenters. The number of thioether (sulfide) groups is 1. The molecule has 1 amide bonds. The van der Waals surface area contributed by atoms with E-state index in [1.165, 1.54) is 11.8 Å². The fourth-order valence-corrected chi connectivity index (χ4v) is 3.54. The second kappa shape index (κ2) is 6.02. The van der Waals surface area contributed by atoms with Gasteiger partial charge in [0.05, 0.1) is 10.4 Å². The van der Waals surface area contributed by atoms with Gasteiger partial charge in [-0.05, 0) is 19.1 Å². The number of fused-ring (bicyclic) bond motifs is 1. The van der Waals surface area contributed by atoms with E-state index in [1.54, 1.807) is 11.1 Å². The molecular weight excluding hydrogens is 312 g/mol. The van der Waals surface area contributed by atoms with Crippen molar-refractivity contribution in [3.63, 3.8) is 0 Å². The van der Waals surface area contributed by atoms with Crippen molar-refractivity contribution in [3.8, 4) is 0 Å². The smallest absolute Gasteiger partial charge is 0.266 e. The van der Waals surface area contributed by atoms with Gasteiger partial charge in [-0.3, -0.25) is 14.7 Å². The molecule has 0 aliphatic carbocycles. The van der Waals surface area contributed by atoms with Gasteiger partial charge < -0.3 is 0 Å². The van der Waals surface area contributed by atoms with Gasteiger partial charge in [0.25, 0.3) is 5.91 Å². The predicted octanol–water partition coefficient (Wildman–Crippen LogP) is 4.01. The van der Waals surface area contributed by atoms with E-state index < -0.39 is 0 Å². The quantitative estimate of drug-likeness (QED) is 0.485. The summed E-state index contributed by atoms with van der Waals surface area (Å²) in [6.07, 6.45) is 3.62. The summed E-state index contributed by atoms with van der Waals surface area (Å²) >= 11 is 6.62. The van der Waals surface area contributed by atoms with E-state index in [4.69, 9.17) is 12.2 Å². The average Bonchev–Trinajstić information content (AvgIpc) is 2.75. The Kier molecular flexibility index (Phi) is 4.09. The van der Waals surface area contributed by atoms with Crippen molar-refractivity contribution < 1.29 is 4.79 Å². The third-order valence-electron chi connectivity index (χ3n) is 3.25. The number of thiocarbonyl (C=S) groups is 1. The first-order chi connectivity index (χ1) is 10.6. The first kappa shape index (κ1) is 14.9. The zero-order chi connectivity index (χ0) is 15.7. The maximum absolute atomic E-state index is 12.5. The van der Waals surface area contributed by atoms with E-state index in [0.29, 0.717) is 15.8 Å². The predicted molar refractivity (Wildman–Crippen MR) is 96.4 cm³/mol. The van der Waals surface area contributed by atoms with Crippen LogP contribution in [0.15, 0.2) is 53.6 Å². The summed E-state index contributed by atoms with van der Waals surface area (Å²) in [6.45, 7) is 6.20. The van der Waals surface area contributed by atoms with Gasteiger partial charge in [0.1, 0.15) is 4.32 Å². The molecule has 0 saturated carbocycles. The minimum Gasteiger partial charge on any atom is -0.289 e. The fraction of sp³-hybridized carbons (Fsp3) is 0.118. The molecule has 0 bridgehead atoms. The molecule has 2 heterocycles. The van der Waals surface area contributed by atoms with Crippen LogP contribution in [0.25, 0.3) is 17.0 Å². The van der Waals surface area contributed by atoms with Gasteiger partial charge in [-0.15, -0.1) is 0 Å². The van der Waals surface area contributed by atoms with Crippen LogP contribution in [0.5, 0.6) is 0 Å². The molecule has 1 saturated heterocycles. The van der Waals surface area contributed by atoms with Crippen molar-refractivity contribution in [1.82, 2.24) is 9.88 Å². The first-order valence-corrected chi connectivity index (χ1v) is 8.02. The van der Waals surface area contributed by atoms with E-state index in [1.807, 2.05) is 43.3 Å². The third-order valence-corrected chi connectivity index (χ3v) is 4.63. The average molecular weight is 326 g/mol. The number of hydrogen-bond acceptors (Lipinski definition) is 4. The maximum atomic E-state index is 12.5. The Balaban J connectivity index is 2.00. The summed E-state index contributed by atoms with van der Waals surface area (Å²) in [6, 6.07) is 9.83. The lowest BCUT2D eigenvalue weighted by atomic mass is 10.1. The molecule has 3 rings (SSSR count). The van der Waals surface area contributed by atoms with Gasteiger partial charge in [-0.25, -0.2) is 0 Å². The Morgan fingerprint density at radius 1 is 1.41 bits per heavy atom. The van der Waals surface area contributed by atoms with E-state index in [-0.39, 0.29) is 5.91 Å². The Labute approximate surface area is 138 Å². The molecule has 1 fully saturated rings. The molecule has 1 aromatic carbocycles. The topological polar surface area (TPSA) is 33.2 Å². The highest BCUT2D eigenvalue weighted by atomic mass is 32.2. The largest absolute Gasteiger partial charge is 0.289 e. The molecule has 0 spiro atoms. The summed E-state index contributed by atoms with van der Waals surface area (Å²) < 4.78 is 0.576. The number of rotatable bonds is 3. The number of carbonyl (C=O) groups excluding carboxylic acids is 1. The first-order valence-electron chi connectivity index (χ1n) is 6.80. The highest BCUT2D eigenvalue weighted by molar-refractivity contribution is 8.26. The molecule has 2 aromatic rings. The van der Waals surface area contributed by atoms with Crippen LogP contribution in [0, 0.1) is 0 Å². The van der Waals surface area contributed by atoms with Crippen LogP contribution >= 0.6 is 24.0 Å². The molecule has 0 radical (unpaired) electrons.